The van der Waals surface area contributed by atoms with Gasteiger partial charge in [-0.1, -0.05) is 24.3 Å². The summed E-state index contributed by atoms with van der Waals surface area (Å²) in [4.78, 5) is 50.1. The van der Waals surface area contributed by atoms with E-state index in [0.29, 0.717) is 20.6 Å². The van der Waals surface area contributed by atoms with E-state index in [4.69, 9.17) is 9.47 Å². The molecule has 0 bridgehead atoms. The third-order valence-electron chi connectivity index (χ3n) is 4.38. The molecule has 0 aliphatic carbocycles. The fourth-order valence-corrected chi connectivity index (χ4v) is 3.62. The van der Waals surface area contributed by atoms with Crippen LogP contribution in [0.3, 0.4) is 0 Å². The van der Waals surface area contributed by atoms with Crippen molar-refractivity contribution in [3.63, 3.8) is 0 Å². The molecule has 0 aromatic heterocycles. The number of urea groups is 1. The topological polar surface area (TPSA) is 102 Å². The molecule has 1 heterocycles. The summed E-state index contributed by atoms with van der Waals surface area (Å²) in [6, 6.07) is 11.1. The third kappa shape index (κ3) is 5.10. The number of ether oxygens (including phenoxy) is 2. The monoisotopic (exact) mass is 534 g/mol. The van der Waals surface area contributed by atoms with Gasteiger partial charge in [-0.15, -0.1) is 0 Å². The van der Waals surface area contributed by atoms with E-state index in [1.54, 1.807) is 56.3 Å². The van der Waals surface area contributed by atoms with E-state index in [2.05, 4.69) is 5.32 Å². The summed E-state index contributed by atoms with van der Waals surface area (Å²) in [6.07, 6.45) is 1.41. The zero-order valence-corrected chi connectivity index (χ0v) is 19.0. The minimum absolute atomic E-state index is 0.168. The first-order valence-electron chi connectivity index (χ1n) is 9.37. The second-order valence-electron chi connectivity index (χ2n) is 6.53. The number of aryl methyl sites for hydroxylation is 1. The highest BCUT2D eigenvalue weighted by atomic mass is 127. The van der Waals surface area contributed by atoms with Crippen LogP contribution in [0.2, 0.25) is 0 Å². The number of rotatable bonds is 6. The molecule has 1 fully saturated rings. The Kier molecular flexibility index (Phi) is 7.06. The molecular weight excluding hydrogens is 515 g/mol. The van der Waals surface area contributed by atoms with Gasteiger partial charge < -0.3 is 9.47 Å². The zero-order valence-electron chi connectivity index (χ0n) is 16.8. The third-order valence-corrected chi connectivity index (χ3v) is 5.22. The lowest BCUT2D eigenvalue weighted by molar-refractivity contribution is -0.145. The highest BCUT2D eigenvalue weighted by Gasteiger charge is 2.37. The van der Waals surface area contributed by atoms with Crippen molar-refractivity contribution in [2.75, 3.05) is 18.1 Å². The maximum Gasteiger partial charge on any atom is 0.344 e. The van der Waals surface area contributed by atoms with Gasteiger partial charge in [0.25, 0.3) is 11.8 Å². The van der Waals surface area contributed by atoms with Crippen LogP contribution in [0.25, 0.3) is 6.08 Å². The fourth-order valence-electron chi connectivity index (χ4n) is 2.92. The number of amides is 4. The van der Waals surface area contributed by atoms with Gasteiger partial charge in [0.15, 0.2) is 6.61 Å². The molecule has 160 valence electrons. The van der Waals surface area contributed by atoms with Gasteiger partial charge in [0.05, 0.1) is 15.9 Å². The molecule has 1 N–H and O–H groups in total. The van der Waals surface area contributed by atoms with Gasteiger partial charge >= 0.3 is 12.0 Å². The highest BCUT2D eigenvalue weighted by molar-refractivity contribution is 14.1. The van der Waals surface area contributed by atoms with Crippen LogP contribution in [0.5, 0.6) is 5.75 Å². The first kappa shape index (κ1) is 22.5. The van der Waals surface area contributed by atoms with Crippen molar-refractivity contribution >= 4 is 58.2 Å². The zero-order chi connectivity index (χ0) is 22.5. The lowest BCUT2D eigenvalue weighted by Gasteiger charge is -2.27. The lowest BCUT2D eigenvalue weighted by Crippen LogP contribution is -2.54. The van der Waals surface area contributed by atoms with Crippen LogP contribution in [0, 0.1) is 10.5 Å². The molecule has 0 radical (unpaired) electrons. The van der Waals surface area contributed by atoms with E-state index in [0.717, 1.165) is 10.5 Å². The Labute approximate surface area is 192 Å². The van der Waals surface area contributed by atoms with E-state index in [1.807, 2.05) is 22.6 Å². The Morgan fingerprint density at radius 3 is 2.58 bits per heavy atom. The summed E-state index contributed by atoms with van der Waals surface area (Å²) in [5.74, 6) is -1.49. The number of halogens is 1. The van der Waals surface area contributed by atoms with E-state index in [9.17, 15) is 19.2 Å². The molecule has 8 nitrogen and oxygen atoms in total. The molecule has 2 aromatic carbocycles. The number of nitrogens with one attached hydrogen (secondary N) is 1. The van der Waals surface area contributed by atoms with Crippen LogP contribution in [0.1, 0.15) is 18.1 Å². The number of nitrogens with zero attached hydrogens (tertiary/aromatic N) is 1. The fraction of sp³-hybridized carbons (Fsp3) is 0.182. The summed E-state index contributed by atoms with van der Waals surface area (Å²) in [5.41, 5.74) is 1.52. The van der Waals surface area contributed by atoms with Gasteiger partial charge in [-0.2, -0.15) is 0 Å². The second kappa shape index (κ2) is 9.73. The van der Waals surface area contributed by atoms with Gasteiger partial charge in [0, 0.05) is 0 Å². The molecule has 0 saturated carbocycles. The molecular formula is C22H19IN2O6. The number of hydrogen-bond acceptors (Lipinski definition) is 6. The minimum Gasteiger partial charge on any atom is -0.481 e. The molecule has 4 amide bonds. The molecule has 31 heavy (non-hydrogen) atoms. The molecule has 2 aromatic rings. The largest absolute Gasteiger partial charge is 0.481 e. The number of imide groups is 2. The number of barbiturate groups is 1. The molecule has 0 spiro atoms. The number of benzene rings is 2. The minimum atomic E-state index is -0.793. The Balaban J connectivity index is 1.86. The maximum atomic E-state index is 13.0. The SMILES string of the molecule is CCOC(=O)COc1ccc(/C=C2\C(=O)NC(=O)N(c3ccccc3C)C2=O)cc1I. The maximum absolute atomic E-state index is 13.0. The number of hydrogen-bond donors (Lipinski definition) is 1. The van der Waals surface area contributed by atoms with Crippen molar-refractivity contribution in [3.05, 3.63) is 62.7 Å². The van der Waals surface area contributed by atoms with E-state index in [-0.39, 0.29) is 18.8 Å². The average molecular weight is 534 g/mol. The highest BCUT2D eigenvalue weighted by Crippen LogP contribution is 2.27. The average Bonchev–Trinajstić information content (AvgIpc) is 2.72. The van der Waals surface area contributed by atoms with Crippen LogP contribution in [-0.2, 0) is 19.1 Å². The molecule has 0 unspecified atom stereocenters. The quantitative estimate of drug-likeness (QED) is 0.265. The Bertz CT molecular complexity index is 1100. The predicted molar refractivity (Wildman–Crippen MR) is 121 cm³/mol. The summed E-state index contributed by atoms with van der Waals surface area (Å²) < 4.78 is 10.9. The van der Waals surface area contributed by atoms with Crippen molar-refractivity contribution in [3.8, 4) is 5.75 Å². The number of para-hydroxylation sites is 1. The predicted octanol–water partition coefficient (Wildman–Crippen LogP) is 3.21. The Morgan fingerprint density at radius 2 is 1.90 bits per heavy atom. The summed E-state index contributed by atoms with van der Waals surface area (Å²) in [7, 11) is 0. The number of carbonyl (C=O) groups is 4. The van der Waals surface area contributed by atoms with E-state index >= 15 is 0 Å². The molecule has 1 aliphatic heterocycles. The van der Waals surface area contributed by atoms with Crippen molar-refractivity contribution in [2.45, 2.75) is 13.8 Å². The van der Waals surface area contributed by atoms with Crippen molar-refractivity contribution in [1.29, 1.82) is 0 Å². The van der Waals surface area contributed by atoms with Crippen LogP contribution in [-0.4, -0.2) is 37.0 Å². The van der Waals surface area contributed by atoms with Gasteiger partial charge in [-0.25, -0.2) is 14.5 Å². The van der Waals surface area contributed by atoms with Crippen molar-refractivity contribution in [2.24, 2.45) is 0 Å². The number of carbonyl (C=O) groups excluding carboxylic acids is 4. The molecule has 9 heteroatoms. The van der Waals surface area contributed by atoms with Crippen molar-refractivity contribution < 1.29 is 28.7 Å². The standard InChI is InChI=1S/C22H19IN2O6/c1-3-30-19(26)12-31-18-9-8-14(11-16(18)23)10-15-20(27)24-22(29)25(21(15)28)17-7-5-4-6-13(17)2/h4-11H,3,12H2,1-2H3,(H,24,27,29)/b15-10+. The first-order valence-corrected chi connectivity index (χ1v) is 10.4. The summed E-state index contributed by atoms with van der Waals surface area (Å²) >= 11 is 2.02. The van der Waals surface area contributed by atoms with Crippen LogP contribution in [0.15, 0.2) is 48.0 Å². The Morgan fingerprint density at radius 1 is 1.16 bits per heavy atom. The Hall–Kier alpha value is -3.21. The van der Waals surface area contributed by atoms with E-state index < -0.39 is 23.8 Å². The smallest absolute Gasteiger partial charge is 0.344 e. The van der Waals surface area contributed by atoms with E-state index in [1.165, 1.54) is 6.08 Å². The van der Waals surface area contributed by atoms with Crippen molar-refractivity contribution in [1.82, 2.24) is 5.32 Å². The first-order chi connectivity index (χ1) is 14.8. The van der Waals surface area contributed by atoms with Gasteiger partial charge in [0.1, 0.15) is 11.3 Å². The van der Waals surface area contributed by atoms with Crippen LogP contribution in [0.4, 0.5) is 10.5 Å². The molecule has 1 saturated heterocycles. The van der Waals surface area contributed by atoms with Crippen LogP contribution >= 0.6 is 22.6 Å². The molecule has 1 aliphatic rings. The molecule has 3 rings (SSSR count). The number of anilines is 1. The normalized spacial score (nSPS) is 15.1. The number of esters is 1. The lowest BCUT2D eigenvalue weighted by atomic mass is 10.1. The van der Waals surface area contributed by atoms with Gasteiger partial charge in [-0.3, -0.25) is 14.9 Å². The van der Waals surface area contributed by atoms with Crippen LogP contribution < -0.4 is 15.0 Å². The molecule has 0 atom stereocenters. The van der Waals surface area contributed by atoms with Gasteiger partial charge in [-0.05, 0) is 71.8 Å². The summed E-state index contributed by atoms with van der Waals surface area (Å²) in [6.45, 7) is 3.52. The second-order valence-corrected chi connectivity index (χ2v) is 7.69. The summed E-state index contributed by atoms with van der Waals surface area (Å²) in [5, 5.41) is 2.21. The van der Waals surface area contributed by atoms with Gasteiger partial charge in [0.2, 0.25) is 0 Å².